The summed E-state index contributed by atoms with van der Waals surface area (Å²) >= 11 is 3.03. The van der Waals surface area contributed by atoms with Crippen LogP contribution in [0.15, 0.2) is 62.7 Å². The Morgan fingerprint density at radius 3 is 2.69 bits per heavy atom. The minimum Gasteiger partial charge on any atom is -0.493 e. The maximum atomic E-state index is 5.60. The number of rotatable bonds is 7. The van der Waals surface area contributed by atoms with Gasteiger partial charge in [-0.3, -0.25) is 5.43 Å². The van der Waals surface area contributed by atoms with Crippen LogP contribution in [0.3, 0.4) is 0 Å². The lowest BCUT2D eigenvalue weighted by Crippen LogP contribution is -1.93. The van der Waals surface area contributed by atoms with Crippen LogP contribution in [-0.2, 0) is 0 Å². The Morgan fingerprint density at radius 1 is 1.15 bits per heavy atom. The van der Waals surface area contributed by atoms with Crippen LogP contribution in [0.4, 0.5) is 10.9 Å². The molecule has 0 aliphatic carbocycles. The van der Waals surface area contributed by atoms with Crippen molar-refractivity contribution in [3.63, 3.8) is 0 Å². The molecule has 0 aliphatic rings. The Hall–Kier alpha value is -2.71. The van der Waals surface area contributed by atoms with Gasteiger partial charge < -0.3 is 15.2 Å². The zero-order valence-electron chi connectivity index (χ0n) is 14.3. The summed E-state index contributed by atoms with van der Waals surface area (Å²) in [4.78, 5) is 6.23. The molecule has 2 aromatic carbocycles. The van der Waals surface area contributed by atoms with Gasteiger partial charge in [-0.1, -0.05) is 30.0 Å². The number of aromatic nitrogens is 1. The lowest BCUT2D eigenvalue weighted by Gasteiger charge is -2.10. The number of anilines is 2. The number of nitrogens with one attached hydrogen (secondary N) is 1. The zero-order chi connectivity index (χ0) is 18.4. The first kappa shape index (κ1) is 18.1. The molecule has 6 nitrogen and oxygen atoms in total. The molecule has 0 saturated carbocycles. The van der Waals surface area contributed by atoms with Gasteiger partial charge in [0.25, 0.3) is 0 Å². The molecular formula is C18H18N4O2S2. The largest absolute Gasteiger partial charge is 0.493 e. The average Bonchev–Trinajstić information content (AvgIpc) is 3.08. The van der Waals surface area contributed by atoms with Crippen molar-refractivity contribution in [1.82, 2.24) is 4.98 Å². The van der Waals surface area contributed by atoms with Gasteiger partial charge in [0.15, 0.2) is 11.5 Å². The molecule has 0 aliphatic heterocycles. The molecular weight excluding hydrogens is 368 g/mol. The van der Waals surface area contributed by atoms with E-state index in [9.17, 15) is 0 Å². The van der Waals surface area contributed by atoms with Crippen molar-refractivity contribution in [1.29, 1.82) is 0 Å². The molecule has 0 radical (unpaired) electrons. The standard InChI is InChI=1S/C18H18N4O2S2/c1-23-14-8-7-13(9-15(14)24-2)26-16-6-4-3-5-12(16)10-20-22-18-21-17(19)11-25-18/h3-11H,19H2,1-2H3,(H,21,22). The molecule has 3 rings (SSSR count). The van der Waals surface area contributed by atoms with Crippen LogP contribution in [0.25, 0.3) is 0 Å². The quantitative estimate of drug-likeness (QED) is 0.464. The van der Waals surface area contributed by atoms with Crippen LogP contribution in [0.2, 0.25) is 0 Å². The van der Waals surface area contributed by atoms with E-state index in [4.69, 9.17) is 15.2 Å². The monoisotopic (exact) mass is 386 g/mol. The smallest absolute Gasteiger partial charge is 0.205 e. The van der Waals surface area contributed by atoms with E-state index < -0.39 is 0 Å². The van der Waals surface area contributed by atoms with Gasteiger partial charge in [0.2, 0.25) is 5.13 Å². The van der Waals surface area contributed by atoms with Crippen LogP contribution < -0.4 is 20.6 Å². The molecule has 8 heteroatoms. The first-order valence-electron chi connectivity index (χ1n) is 7.68. The molecule has 0 amide bonds. The van der Waals surface area contributed by atoms with E-state index >= 15 is 0 Å². The van der Waals surface area contributed by atoms with Gasteiger partial charge in [-0.25, -0.2) is 4.98 Å². The third kappa shape index (κ3) is 4.47. The van der Waals surface area contributed by atoms with Crippen molar-refractivity contribution in [3.05, 3.63) is 53.4 Å². The highest BCUT2D eigenvalue weighted by Gasteiger charge is 2.07. The minimum atomic E-state index is 0.483. The Morgan fingerprint density at radius 2 is 1.96 bits per heavy atom. The van der Waals surface area contributed by atoms with Crippen molar-refractivity contribution in [3.8, 4) is 11.5 Å². The normalized spacial score (nSPS) is 10.8. The van der Waals surface area contributed by atoms with E-state index in [1.54, 1.807) is 37.6 Å². The van der Waals surface area contributed by atoms with E-state index in [1.807, 2.05) is 42.5 Å². The lowest BCUT2D eigenvalue weighted by atomic mass is 10.2. The highest BCUT2D eigenvalue weighted by Crippen LogP contribution is 2.36. The average molecular weight is 387 g/mol. The van der Waals surface area contributed by atoms with Crippen LogP contribution in [0.5, 0.6) is 11.5 Å². The molecule has 0 fully saturated rings. The Labute approximate surface area is 160 Å². The third-order valence-corrected chi connectivity index (χ3v) is 5.23. The van der Waals surface area contributed by atoms with Crippen molar-refractivity contribution < 1.29 is 9.47 Å². The van der Waals surface area contributed by atoms with E-state index in [0.717, 1.165) is 15.4 Å². The molecule has 1 aromatic heterocycles. The molecule has 3 aromatic rings. The third-order valence-electron chi connectivity index (χ3n) is 3.39. The van der Waals surface area contributed by atoms with Gasteiger partial charge in [-0.05, 0) is 24.3 Å². The molecule has 0 atom stereocenters. The molecule has 0 bridgehead atoms. The Kier molecular flexibility index (Phi) is 5.98. The molecule has 26 heavy (non-hydrogen) atoms. The number of hydrogen-bond donors (Lipinski definition) is 2. The molecule has 3 N–H and O–H groups in total. The molecule has 134 valence electrons. The van der Waals surface area contributed by atoms with E-state index in [1.165, 1.54) is 11.3 Å². The number of benzene rings is 2. The van der Waals surface area contributed by atoms with Gasteiger partial charge in [0.05, 0.1) is 20.4 Å². The maximum Gasteiger partial charge on any atom is 0.205 e. The first-order valence-corrected chi connectivity index (χ1v) is 9.38. The van der Waals surface area contributed by atoms with Gasteiger partial charge >= 0.3 is 0 Å². The second kappa shape index (κ2) is 8.59. The summed E-state index contributed by atoms with van der Waals surface area (Å²) in [5.74, 6) is 1.89. The van der Waals surface area contributed by atoms with E-state index in [2.05, 4.69) is 15.5 Å². The molecule has 0 saturated heterocycles. The first-order chi connectivity index (χ1) is 12.7. The van der Waals surface area contributed by atoms with Crippen molar-refractivity contribution in [2.75, 3.05) is 25.4 Å². The highest BCUT2D eigenvalue weighted by atomic mass is 32.2. The Bertz CT molecular complexity index is 912. The van der Waals surface area contributed by atoms with Crippen LogP contribution in [0, 0.1) is 0 Å². The maximum absolute atomic E-state index is 5.60. The van der Waals surface area contributed by atoms with Crippen molar-refractivity contribution >= 4 is 40.3 Å². The van der Waals surface area contributed by atoms with Crippen LogP contribution >= 0.6 is 23.1 Å². The summed E-state index contributed by atoms with van der Waals surface area (Å²) in [5, 5.41) is 6.67. The second-order valence-electron chi connectivity index (χ2n) is 5.10. The predicted octanol–water partition coefficient (Wildman–Crippen LogP) is 4.34. The Balaban J connectivity index is 1.76. The second-order valence-corrected chi connectivity index (χ2v) is 7.08. The fourth-order valence-electron chi connectivity index (χ4n) is 2.18. The number of hydrogen-bond acceptors (Lipinski definition) is 8. The van der Waals surface area contributed by atoms with Gasteiger partial charge in [-0.2, -0.15) is 5.10 Å². The fraction of sp³-hybridized carbons (Fsp3) is 0.111. The van der Waals surface area contributed by atoms with Gasteiger partial charge in [0.1, 0.15) is 5.82 Å². The minimum absolute atomic E-state index is 0.483. The summed E-state index contributed by atoms with van der Waals surface area (Å²) in [7, 11) is 3.25. The summed E-state index contributed by atoms with van der Waals surface area (Å²) in [6.45, 7) is 0. The number of methoxy groups -OCH3 is 2. The van der Waals surface area contributed by atoms with Gasteiger partial charge in [-0.15, -0.1) is 11.3 Å². The fourth-order valence-corrected chi connectivity index (χ4v) is 3.67. The summed E-state index contributed by atoms with van der Waals surface area (Å²) in [5.41, 5.74) is 9.48. The molecule has 0 unspecified atom stereocenters. The zero-order valence-corrected chi connectivity index (χ0v) is 15.9. The van der Waals surface area contributed by atoms with Crippen LogP contribution in [0.1, 0.15) is 5.56 Å². The number of hydrazone groups is 1. The van der Waals surface area contributed by atoms with E-state index in [-0.39, 0.29) is 0 Å². The van der Waals surface area contributed by atoms with Crippen molar-refractivity contribution in [2.45, 2.75) is 9.79 Å². The topological polar surface area (TPSA) is 81.8 Å². The number of nitrogens with zero attached hydrogens (tertiary/aromatic N) is 2. The van der Waals surface area contributed by atoms with Crippen LogP contribution in [-0.4, -0.2) is 25.4 Å². The SMILES string of the molecule is COc1ccc(Sc2ccccc2C=NNc2nc(N)cs2)cc1OC. The number of nitrogens with two attached hydrogens (primary N) is 1. The summed E-state index contributed by atoms with van der Waals surface area (Å²) in [6, 6.07) is 13.9. The number of thiazole rings is 1. The van der Waals surface area contributed by atoms with E-state index in [0.29, 0.717) is 22.4 Å². The summed E-state index contributed by atoms with van der Waals surface area (Å²) < 4.78 is 10.7. The predicted molar refractivity (Wildman–Crippen MR) is 108 cm³/mol. The highest BCUT2D eigenvalue weighted by molar-refractivity contribution is 7.99. The molecule has 0 spiro atoms. The molecule has 1 heterocycles. The number of nitrogen functional groups attached to an aromatic ring is 1. The lowest BCUT2D eigenvalue weighted by molar-refractivity contribution is 0.354. The van der Waals surface area contributed by atoms with Crippen molar-refractivity contribution in [2.24, 2.45) is 5.10 Å². The number of ether oxygens (including phenoxy) is 2. The van der Waals surface area contributed by atoms with Gasteiger partial charge in [0, 0.05) is 20.7 Å². The summed E-state index contributed by atoms with van der Waals surface area (Å²) in [6.07, 6.45) is 1.76.